The zero-order chi connectivity index (χ0) is 13.7. The van der Waals surface area contributed by atoms with Crippen LogP contribution in [0.5, 0.6) is 0 Å². The molecule has 4 heteroatoms. The fourth-order valence-electron chi connectivity index (χ4n) is 1.91. The van der Waals surface area contributed by atoms with Crippen molar-refractivity contribution in [3.05, 3.63) is 54.0 Å². The summed E-state index contributed by atoms with van der Waals surface area (Å²) in [5, 5.41) is 0. The smallest absolute Gasteiger partial charge is 0.169 e. The van der Waals surface area contributed by atoms with Gasteiger partial charge in [0.25, 0.3) is 0 Å². The van der Waals surface area contributed by atoms with E-state index in [4.69, 9.17) is 5.73 Å². The Kier molecular flexibility index (Phi) is 4.47. The number of pyridine rings is 1. The molecule has 1 aromatic heterocycles. The number of benzene rings is 1. The van der Waals surface area contributed by atoms with Gasteiger partial charge in [-0.2, -0.15) is 0 Å². The molecule has 0 bridgehead atoms. The lowest BCUT2D eigenvalue weighted by Gasteiger charge is -2.24. The third-order valence-electron chi connectivity index (χ3n) is 2.93. The highest BCUT2D eigenvalue weighted by atomic mass is 19.1. The maximum atomic E-state index is 13.9. The molecule has 2 aromatic rings. The van der Waals surface area contributed by atoms with Crippen LogP contribution < -0.4 is 10.6 Å². The Morgan fingerprint density at radius 3 is 2.58 bits per heavy atom. The van der Waals surface area contributed by atoms with Crippen LogP contribution in [0.4, 0.5) is 15.9 Å². The summed E-state index contributed by atoms with van der Waals surface area (Å²) in [4.78, 5) is 6.00. The minimum atomic E-state index is -0.319. The van der Waals surface area contributed by atoms with E-state index in [0.717, 1.165) is 12.1 Å². The number of nitrogens with two attached hydrogens (primary N) is 1. The fourth-order valence-corrected chi connectivity index (χ4v) is 1.91. The van der Waals surface area contributed by atoms with Crippen LogP contribution in [0.3, 0.4) is 0 Å². The number of aromatic nitrogens is 1. The quantitative estimate of drug-likeness (QED) is 0.897. The van der Waals surface area contributed by atoms with Gasteiger partial charge in [0.2, 0.25) is 0 Å². The van der Waals surface area contributed by atoms with Crippen LogP contribution in [0.15, 0.2) is 42.6 Å². The van der Waals surface area contributed by atoms with E-state index in [2.05, 4.69) is 4.98 Å². The van der Waals surface area contributed by atoms with Gasteiger partial charge in [0.05, 0.1) is 0 Å². The highest BCUT2D eigenvalue weighted by Crippen LogP contribution is 2.26. The average molecular weight is 259 g/mol. The summed E-state index contributed by atoms with van der Waals surface area (Å²) in [5.41, 5.74) is 7.65. The number of halogens is 1. The molecular weight excluding hydrogens is 241 g/mol. The third-order valence-corrected chi connectivity index (χ3v) is 2.93. The van der Waals surface area contributed by atoms with Gasteiger partial charge in [-0.25, -0.2) is 9.37 Å². The first kappa shape index (κ1) is 13.5. The molecule has 1 heterocycles. The zero-order valence-electron chi connectivity index (χ0n) is 11.0. The minimum Gasteiger partial charge on any atom is -0.330 e. The summed E-state index contributed by atoms with van der Waals surface area (Å²) >= 11 is 0. The number of anilines is 2. The van der Waals surface area contributed by atoms with Gasteiger partial charge in [-0.1, -0.05) is 17.7 Å². The topological polar surface area (TPSA) is 42.1 Å². The first-order valence-corrected chi connectivity index (χ1v) is 6.37. The summed E-state index contributed by atoms with van der Waals surface area (Å²) in [6, 6.07) is 11.0. The lowest BCUT2D eigenvalue weighted by molar-refractivity contribution is 0.616. The molecule has 0 atom stereocenters. The van der Waals surface area contributed by atoms with Crippen molar-refractivity contribution in [2.24, 2.45) is 5.73 Å². The molecule has 0 aliphatic heterocycles. The normalized spacial score (nSPS) is 10.5. The van der Waals surface area contributed by atoms with Gasteiger partial charge in [-0.3, -0.25) is 0 Å². The van der Waals surface area contributed by atoms with Crippen LogP contribution in [-0.2, 0) is 0 Å². The minimum absolute atomic E-state index is 0.319. The molecule has 0 saturated carbocycles. The van der Waals surface area contributed by atoms with E-state index in [0.29, 0.717) is 18.9 Å². The van der Waals surface area contributed by atoms with Crippen molar-refractivity contribution in [2.45, 2.75) is 13.3 Å². The Labute approximate surface area is 112 Å². The Bertz CT molecular complexity index is 525. The van der Waals surface area contributed by atoms with Crippen molar-refractivity contribution >= 4 is 11.5 Å². The van der Waals surface area contributed by atoms with Gasteiger partial charge >= 0.3 is 0 Å². The third kappa shape index (κ3) is 3.29. The zero-order valence-corrected chi connectivity index (χ0v) is 11.0. The highest BCUT2D eigenvalue weighted by molar-refractivity contribution is 5.60. The molecule has 100 valence electrons. The molecule has 19 heavy (non-hydrogen) atoms. The van der Waals surface area contributed by atoms with Crippen molar-refractivity contribution in [1.82, 2.24) is 4.98 Å². The summed E-state index contributed by atoms with van der Waals surface area (Å²) in [6.45, 7) is 3.24. The summed E-state index contributed by atoms with van der Waals surface area (Å²) < 4.78 is 13.9. The van der Waals surface area contributed by atoms with E-state index >= 15 is 0 Å². The summed E-state index contributed by atoms with van der Waals surface area (Å²) in [6.07, 6.45) is 2.38. The van der Waals surface area contributed by atoms with E-state index in [1.54, 1.807) is 12.3 Å². The Morgan fingerprint density at radius 2 is 1.95 bits per heavy atom. The molecule has 0 amide bonds. The predicted octanol–water partition coefficient (Wildman–Crippen LogP) is 3.02. The maximum absolute atomic E-state index is 13.9. The second kappa shape index (κ2) is 6.29. The fraction of sp³-hybridized carbons (Fsp3) is 0.267. The second-order valence-electron chi connectivity index (χ2n) is 4.44. The molecule has 0 radical (unpaired) electrons. The van der Waals surface area contributed by atoms with Gasteiger partial charge in [0.15, 0.2) is 11.6 Å². The molecule has 0 fully saturated rings. The Balaban J connectivity index is 2.35. The van der Waals surface area contributed by atoms with Crippen LogP contribution in [-0.4, -0.2) is 18.1 Å². The molecule has 2 N–H and O–H groups in total. The first-order valence-electron chi connectivity index (χ1n) is 6.37. The molecule has 0 spiro atoms. The largest absolute Gasteiger partial charge is 0.330 e. The number of rotatable bonds is 5. The molecule has 0 unspecified atom stereocenters. The standard InChI is InChI=1S/C15H18FN3/c1-12-5-7-13(8-6-12)19(11-3-9-17)15-14(16)4-2-10-18-15/h2,4-8,10H,3,9,11,17H2,1H3. The lowest BCUT2D eigenvalue weighted by Crippen LogP contribution is -2.22. The van der Waals surface area contributed by atoms with Gasteiger partial charge < -0.3 is 10.6 Å². The van der Waals surface area contributed by atoms with Crippen LogP contribution in [0.1, 0.15) is 12.0 Å². The van der Waals surface area contributed by atoms with Crippen LogP contribution >= 0.6 is 0 Å². The molecular formula is C15H18FN3. The predicted molar refractivity (Wildman–Crippen MR) is 76.1 cm³/mol. The molecule has 2 rings (SSSR count). The van der Waals surface area contributed by atoms with E-state index in [9.17, 15) is 4.39 Å². The SMILES string of the molecule is Cc1ccc(N(CCCN)c2ncccc2F)cc1. The van der Waals surface area contributed by atoms with Gasteiger partial charge in [-0.15, -0.1) is 0 Å². The molecule has 3 nitrogen and oxygen atoms in total. The summed E-state index contributed by atoms with van der Waals surface area (Å²) in [5.74, 6) is 0.0277. The van der Waals surface area contributed by atoms with Crippen LogP contribution in [0, 0.1) is 12.7 Å². The molecule has 0 saturated heterocycles. The van der Waals surface area contributed by atoms with Gasteiger partial charge in [0, 0.05) is 18.4 Å². The maximum Gasteiger partial charge on any atom is 0.169 e. The number of hydrogen-bond donors (Lipinski definition) is 1. The van der Waals surface area contributed by atoms with E-state index in [1.807, 2.05) is 36.1 Å². The molecule has 1 aromatic carbocycles. The number of nitrogens with zero attached hydrogens (tertiary/aromatic N) is 2. The van der Waals surface area contributed by atoms with Crippen molar-refractivity contribution in [2.75, 3.05) is 18.0 Å². The Morgan fingerprint density at radius 1 is 1.21 bits per heavy atom. The van der Waals surface area contributed by atoms with Crippen molar-refractivity contribution in [3.63, 3.8) is 0 Å². The molecule has 0 aliphatic carbocycles. The summed E-state index contributed by atoms with van der Waals surface area (Å²) in [7, 11) is 0. The van der Waals surface area contributed by atoms with Crippen LogP contribution in [0.2, 0.25) is 0 Å². The molecule has 0 aliphatic rings. The second-order valence-corrected chi connectivity index (χ2v) is 4.44. The van der Waals surface area contributed by atoms with Gasteiger partial charge in [0.1, 0.15) is 0 Å². The number of aryl methyl sites for hydroxylation is 1. The van der Waals surface area contributed by atoms with Gasteiger partial charge in [-0.05, 0) is 44.2 Å². The average Bonchev–Trinajstić information content (AvgIpc) is 2.43. The van der Waals surface area contributed by atoms with E-state index in [1.165, 1.54) is 11.6 Å². The number of hydrogen-bond acceptors (Lipinski definition) is 3. The van der Waals surface area contributed by atoms with E-state index < -0.39 is 0 Å². The lowest BCUT2D eigenvalue weighted by atomic mass is 10.2. The van der Waals surface area contributed by atoms with Crippen LogP contribution in [0.25, 0.3) is 0 Å². The van der Waals surface area contributed by atoms with Crippen molar-refractivity contribution in [1.29, 1.82) is 0 Å². The highest BCUT2D eigenvalue weighted by Gasteiger charge is 2.14. The monoisotopic (exact) mass is 259 g/mol. The van der Waals surface area contributed by atoms with E-state index in [-0.39, 0.29) is 5.82 Å². The Hall–Kier alpha value is -1.94. The van der Waals surface area contributed by atoms with Crippen molar-refractivity contribution in [3.8, 4) is 0 Å². The van der Waals surface area contributed by atoms with Crippen molar-refractivity contribution < 1.29 is 4.39 Å². The first-order chi connectivity index (χ1) is 9.22.